The van der Waals surface area contributed by atoms with Crippen molar-refractivity contribution < 1.29 is 0 Å². The van der Waals surface area contributed by atoms with E-state index in [1.165, 1.54) is 0 Å². The molecule has 4 heteroatoms. The first kappa shape index (κ1) is 7.62. The Balaban J connectivity index is 3.24. The minimum Gasteiger partial charge on any atom is -0.277 e. The summed E-state index contributed by atoms with van der Waals surface area (Å²) in [7, 11) is -1.08. The first-order chi connectivity index (χ1) is 3.56. The van der Waals surface area contributed by atoms with Crippen LogP contribution in [0.5, 0.6) is 0 Å². The Morgan fingerprint density at radius 2 is 2.00 bits per heavy atom. The molecule has 0 aliphatic carbocycles. The minimum atomic E-state index is -1.08. The van der Waals surface area contributed by atoms with Gasteiger partial charge < -0.3 is 0 Å². The lowest BCUT2D eigenvalue weighted by Crippen LogP contribution is -2.33. The highest BCUT2D eigenvalue weighted by molar-refractivity contribution is 6.76. The van der Waals surface area contributed by atoms with Crippen molar-refractivity contribution in [3.05, 3.63) is 4.91 Å². The van der Waals surface area contributed by atoms with Gasteiger partial charge in [0.25, 0.3) is 0 Å². The van der Waals surface area contributed by atoms with Crippen molar-refractivity contribution in [2.24, 2.45) is 5.29 Å². The molecular formula is C4H12N2OSi. The third-order valence-electron chi connectivity index (χ3n) is 0.674. The van der Waals surface area contributed by atoms with Crippen LogP contribution in [0.2, 0.25) is 19.6 Å². The molecular weight excluding hydrogens is 120 g/mol. The Morgan fingerprint density at radius 3 is 2.12 bits per heavy atom. The third kappa shape index (κ3) is 5.62. The maximum Gasteiger partial charge on any atom is 0.0686 e. The predicted molar refractivity (Wildman–Crippen MR) is 37.1 cm³/mol. The Bertz CT molecular complexity index is 78.6. The number of nitrogens with zero attached hydrogens (tertiary/aromatic N) is 1. The van der Waals surface area contributed by atoms with Gasteiger partial charge in [0.2, 0.25) is 0 Å². The molecule has 0 aromatic carbocycles. The second-order valence-electron chi connectivity index (χ2n) is 2.99. The van der Waals surface area contributed by atoms with Crippen LogP contribution in [-0.2, 0) is 0 Å². The van der Waals surface area contributed by atoms with Crippen LogP contribution in [-0.4, -0.2) is 14.2 Å². The fourth-order valence-corrected chi connectivity index (χ4v) is 0.808. The normalized spacial score (nSPS) is 10.9. The van der Waals surface area contributed by atoms with E-state index in [4.69, 9.17) is 0 Å². The molecule has 0 amide bonds. The quantitative estimate of drug-likeness (QED) is 0.355. The van der Waals surface area contributed by atoms with Gasteiger partial charge in [0, 0.05) is 11.5 Å². The van der Waals surface area contributed by atoms with Gasteiger partial charge in [-0.15, -0.1) is 4.91 Å². The highest BCUT2D eigenvalue weighted by atomic mass is 28.3. The van der Waals surface area contributed by atoms with E-state index in [1.54, 1.807) is 0 Å². The summed E-state index contributed by atoms with van der Waals surface area (Å²) >= 11 is 0. The van der Waals surface area contributed by atoms with E-state index in [1.807, 2.05) is 0 Å². The molecule has 0 atom stereocenters. The van der Waals surface area contributed by atoms with Crippen LogP contribution in [0.15, 0.2) is 5.29 Å². The molecule has 1 N–H and O–H groups in total. The van der Waals surface area contributed by atoms with E-state index < -0.39 is 8.07 Å². The summed E-state index contributed by atoms with van der Waals surface area (Å²) in [6.45, 7) is 6.52. The molecule has 0 radical (unpaired) electrons. The van der Waals surface area contributed by atoms with E-state index in [-0.39, 0.29) is 0 Å². The molecule has 48 valence electrons. The average Bonchev–Trinajstić information content (AvgIpc) is 1.59. The molecule has 0 rings (SSSR count). The summed E-state index contributed by atoms with van der Waals surface area (Å²) in [6.07, 6.45) is 0.774. The summed E-state index contributed by atoms with van der Waals surface area (Å²) in [5.41, 5.74) is 2.42. The third-order valence-corrected chi connectivity index (χ3v) is 1.89. The van der Waals surface area contributed by atoms with Crippen LogP contribution in [0.4, 0.5) is 0 Å². The van der Waals surface area contributed by atoms with Gasteiger partial charge in [0.1, 0.15) is 0 Å². The molecule has 0 bridgehead atoms. The number of hydrogen-bond donors (Lipinski definition) is 1. The number of hydrogen-bond acceptors (Lipinski definition) is 2. The Morgan fingerprint density at radius 1 is 1.50 bits per heavy atom. The monoisotopic (exact) mass is 132 g/mol. The molecule has 0 spiro atoms. The summed E-state index contributed by atoms with van der Waals surface area (Å²) in [6, 6.07) is 0. The molecule has 0 aromatic rings. The predicted octanol–water partition coefficient (Wildman–Crippen LogP) is 1.13. The smallest absolute Gasteiger partial charge is 0.0686 e. The first-order valence-electron chi connectivity index (χ1n) is 2.61. The number of rotatable bonds is 3. The van der Waals surface area contributed by atoms with Crippen LogP contribution in [0, 0.1) is 4.91 Å². The zero-order valence-electron chi connectivity index (χ0n) is 5.56. The highest BCUT2D eigenvalue weighted by Gasteiger charge is 2.11. The summed E-state index contributed by atoms with van der Waals surface area (Å²) < 4.78 is 0. The summed E-state index contributed by atoms with van der Waals surface area (Å²) in [5.74, 6) is 0. The van der Waals surface area contributed by atoms with Crippen molar-refractivity contribution >= 4 is 8.07 Å². The van der Waals surface area contributed by atoms with Crippen molar-refractivity contribution in [3.8, 4) is 0 Å². The van der Waals surface area contributed by atoms with Gasteiger partial charge in [-0.25, -0.2) is 0 Å². The lowest BCUT2D eigenvalue weighted by atomic mass is 11.5. The molecule has 0 aliphatic rings. The van der Waals surface area contributed by atoms with Crippen molar-refractivity contribution in [2.75, 3.05) is 6.17 Å². The van der Waals surface area contributed by atoms with Crippen molar-refractivity contribution in [1.29, 1.82) is 0 Å². The largest absolute Gasteiger partial charge is 0.277 e. The summed E-state index contributed by atoms with van der Waals surface area (Å²) in [4.78, 5) is 9.51. The molecule has 8 heavy (non-hydrogen) atoms. The highest BCUT2D eigenvalue weighted by Crippen LogP contribution is 1.95. The van der Waals surface area contributed by atoms with Crippen LogP contribution in [0.25, 0.3) is 0 Å². The van der Waals surface area contributed by atoms with E-state index in [9.17, 15) is 4.91 Å². The Kier molecular flexibility index (Phi) is 2.68. The Labute approximate surface area is 50.4 Å². The molecule has 0 fully saturated rings. The van der Waals surface area contributed by atoms with Crippen LogP contribution in [0.3, 0.4) is 0 Å². The van der Waals surface area contributed by atoms with Crippen LogP contribution >= 0.6 is 0 Å². The van der Waals surface area contributed by atoms with E-state index >= 15 is 0 Å². The molecule has 0 unspecified atom stereocenters. The fraction of sp³-hybridized carbons (Fsp3) is 1.00. The van der Waals surface area contributed by atoms with Crippen LogP contribution < -0.4 is 5.43 Å². The van der Waals surface area contributed by atoms with Gasteiger partial charge >= 0.3 is 0 Å². The number of nitrogens with one attached hydrogen (secondary N) is 1. The second-order valence-corrected chi connectivity index (χ2v) is 8.46. The standard InChI is InChI=1S/C4H12N2OSi/c1-8(2,3)4-5-6-7/h4H2,1-3H3,(H,5,7). The van der Waals surface area contributed by atoms with Crippen LogP contribution in [0.1, 0.15) is 0 Å². The first-order valence-corrected chi connectivity index (χ1v) is 6.32. The molecule has 0 heterocycles. The van der Waals surface area contributed by atoms with E-state index in [2.05, 4.69) is 30.4 Å². The molecule has 0 aliphatic heterocycles. The maximum absolute atomic E-state index is 9.51. The van der Waals surface area contributed by atoms with Gasteiger partial charge in [0.05, 0.1) is 8.07 Å². The fourth-order valence-electron chi connectivity index (χ4n) is 0.269. The second kappa shape index (κ2) is 2.81. The van der Waals surface area contributed by atoms with Gasteiger partial charge in [-0.05, 0) is 0 Å². The zero-order valence-corrected chi connectivity index (χ0v) is 6.56. The van der Waals surface area contributed by atoms with Gasteiger partial charge in [-0.2, -0.15) is 0 Å². The van der Waals surface area contributed by atoms with Gasteiger partial charge in [0.15, 0.2) is 0 Å². The molecule has 0 aromatic heterocycles. The average molecular weight is 132 g/mol. The van der Waals surface area contributed by atoms with E-state index in [0.29, 0.717) is 0 Å². The van der Waals surface area contributed by atoms with Crippen molar-refractivity contribution in [2.45, 2.75) is 19.6 Å². The van der Waals surface area contributed by atoms with Gasteiger partial charge in [-0.3, -0.25) is 5.43 Å². The minimum absolute atomic E-state index is 0.774. The lowest BCUT2D eigenvalue weighted by molar-refractivity contribution is 0.837. The van der Waals surface area contributed by atoms with Crippen molar-refractivity contribution in [3.63, 3.8) is 0 Å². The SMILES string of the molecule is C[Si](C)(C)CNN=O. The zero-order chi connectivity index (χ0) is 6.62. The maximum atomic E-state index is 9.51. The Hall–Kier alpha value is -0.383. The lowest BCUT2D eigenvalue weighted by Gasteiger charge is -2.12. The van der Waals surface area contributed by atoms with Gasteiger partial charge in [-0.1, -0.05) is 19.6 Å². The molecule has 3 nitrogen and oxygen atoms in total. The molecule has 0 saturated heterocycles. The van der Waals surface area contributed by atoms with E-state index in [0.717, 1.165) is 6.17 Å². The van der Waals surface area contributed by atoms with Crippen molar-refractivity contribution in [1.82, 2.24) is 5.43 Å². The summed E-state index contributed by atoms with van der Waals surface area (Å²) in [5, 5.41) is 2.56. The molecule has 0 saturated carbocycles. The number of nitroso groups, excluding NO2 is 1. The topological polar surface area (TPSA) is 41.5 Å².